The second-order valence-electron chi connectivity index (χ2n) is 2.98. The van der Waals surface area contributed by atoms with E-state index in [4.69, 9.17) is 10.00 Å². The molecule has 0 N–H and O–H groups in total. The molecule has 84 valence electrons. The maximum atomic E-state index is 13.6. The van der Waals surface area contributed by atoms with Crippen LogP contribution in [0, 0.1) is 17.1 Å². The normalized spacial score (nSPS) is 9.62. The molecule has 0 aliphatic heterocycles. The topological polar surface area (TPSA) is 50.1 Å². The zero-order valence-corrected chi connectivity index (χ0v) is 10.2. The highest BCUT2D eigenvalue weighted by Crippen LogP contribution is 2.22. The molecule has 3 nitrogen and oxygen atoms in total. The van der Waals surface area contributed by atoms with Gasteiger partial charge in [-0.05, 0) is 35.0 Å². The van der Waals surface area contributed by atoms with Gasteiger partial charge in [-0.15, -0.1) is 0 Å². The maximum absolute atomic E-state index is 13.6. The van der Waals surface area contributed by atoms with E-state index < -0.39 is 11.8 Å². The van der Waals surface area contributed by atoms with E-state index >= 15 is 0 Å². The molecule has 0 aromatic heterocycles. The van der Waals surface area contributed by atoms with Gasteiger partial charge in [-0.1, -0.05) is 0 Å². The minimum Gasteiger partial charge on any atom is -0.466 e. The fourth-order valence-electron chi connectivity index (χ4n) is 1.23. The van der Waals surface area contributed by atoms with Gasteiger partial charge in [0.15, 0.2) is 0 Å². The van der Waals surface area contributed by atoms with Crippen LogP contribution in [0.2, 0.25) is 0 Å². The minimum absolute atomic E-state index is 0.0651. The Morgan fingerprint density at radius 2 is 2.31 bits per heavy atom. The fourth-order valence-corrected chi connectivity index (χ4v) is 1.60. The van der Waals surface area contributed by atoms with Crippen LogP contribution in [-0.2, 0) is 16.0 Å². The number of halogens is 2. The summed E-state index contributed by atoms with van der Waals surface area (Å²) in [5.41, 5.74) is 0.212. The summed E-state index contributed by atoms with van der Waals surface area (Å²) in [6, 6.07) is 4.74. The van der Waals surface area contributed by atoms with E-state index in [1.54, 1.807) is 6.92 Å². The quantitative estimate of drug-likeness (QED) is 0.802. The van der Waals surface area contributed by atoms with E-state index in [1.807, 2.05) is 6.07 Å². The standard InChI is InChI=1S/C11H9BrFNO2/c1-2-16-10(15)5-8-7(6-14)3-4-9(12)11(8)13/h3-4H,2,5H2,1H3. The molecule has 0 radical (unpaired) electrons. The maximum Gasteiger partial charge on any atom is 0.310 e. The molecule has 1 aromatic rings. The first-order valence-electron chi connectivity index (χ1n) is 4.62. The summed E-state index contributed by atoms with van der Waals surface area (Å²) in [7, 11) is 0. The molecule has 16 heavy (non-hydrogen) atoms. The van der Waals surface area contributed by atoms with Crippen molar-refractivity contribution >= 4 is 21.9 Å². The van der Waals surface area contributed by atoms with E-state index in [0.29, 0.717) is 0 Å². The van der Waals surface area contributed by atoms with Crippen molar-refractivity contribution in [3.05, 3.63) is 33.5 Å². The molecule has 0 bridgehead atoms. The smallest absolute Gasteiger partial charge is 0.310 e. The van der Waals surface area contributed by atoms with Crippen molar-refractivity contribution in [1.29, 1.82) is 5.26 Å². The number of rotatable bonds is 3. The van der Waals surface area contributed by atoms with Crippen molar-refractivity contribution in [3.8, 4) is 6.07 Å². The Morgan fingerprint density at radius 1 is 1.62 bits per heavy atom. The van der Waals surface area contributed by atoms with Crippen molar-refractivity contribution < 1.29 is 13.9 Å². The number of hydrogen-bond acceptors (Lipinski definition) is 3. The number of hydrogen-bond donors (Lipinski definition) is 0. The number of nitriles is 1. The molecule has 0 saturated carbocycles. The first-order chi connectivity index (χ1) is 7.60. The minimum atomic E-state index is -0.591. The molecule has 5 heteroatoms. The van der Waals surface area contributed by atoms with Crippen molar-refractivity contribution in [2.24, 2.45) is 0 Å². The highest BCUT2D eigenvalue weighted by molar-refractivity contribution is 9.10. The third kappa shape index (κ3) is 2.80. The first kappa shape index (κ1) is 12.7. The molecule has 1 aromatic carbocycles. The SMILES string of the molecule is CCOC(=O)Cc1c(C#N)ccc(Br)c1F. The Balaban J connectivity index is 3.07. The summed E-state index contributed by atoms with van der Waals surface area (Å²) in [6.07, 6.45) is -0.234. The van der Waals surface area contributed by atoms with E-state index in [1.165, 1.54) is 12.1 Å². The van der Waals surface area contributed by atoms with Gasteiger partial charge in [-0.2, -0.15) is 5.26 Å². The van der Waals surface area contributed by atoms with Crippen LogP contribution in [0.1, 0.15) is 18.1 Å². The average molecular weight is 286 g/mol. The molecule has 0 atom stereocenters. The Labute approximate surface area is 101 Å². The zero-order chi connectivity index (χ0) is 12.1. The molecule has 0 fully saturated rings. The van der Waals surface area contributed by atoms with Crippen LogP contribution in [0.4, 0.5) is 4.39 Å². The van der Waals surface area contributed by atoms with Gasteiger partial charge in [0, 0.05) is 5.56 Å². The Bertz CT molecular complexity index is 454. The lowest BCUT2D eigenvalue weighted by Crippen LogP contribution is -2.10. The third-order valence-corrected chi connectivity index (χ3v) is 2.56. The Hall–Kier alpha value is -1.41. The fraction of sp³-hybridized carbons (Fsp3) is 0.273. The van der Waals surface area contributed by atoms with Crippen molar-refractivity contribution in [3.63, 3.8) is 0 Å². The number of carbonyl (C=O) groups excluding carboxylic acids is 1. The number of carbonyl (C=O) groups is 1. The molecule has 0 amide bonds. The van der Waals surface area contributed by atoms with Gasteiger partial charge < -0.3 is 4.74 Å². The van der Waals surface area contributed by atoms with Crippen molar-refractivity contribution in [2.45, 2.75) is 13.3 Å². The predicted molar refractivity (Wildman–Crippen MR) is 59.2 cm³/mol. The van der Waals surface area contributed by atoms with Crippen LogP contribution < -0.4 is 0 Å². The van der Waals surface area contributed by atoms with E-state index in [0.717, 1.165) is 0 Å². The van der Waals surface area contributed by atoms with Gasteiger partial charge in [-0.3, -0.25) is 4.79 Å². The van der Waals surface area contributed by atoms with Crippen LogP contribution in [0.15, 0.2) is 16.6 Å². The summed E-state index contributed by atoms with van der Waals surface area (Å²) in [6.45, 7) is 1.90. The van der Waals surface area contributed by atoms with Gasteiger partial charge >= 0.3 is 5.97 Å². The molecule has 0 unspecified atom stereocenters. The van der Waals surface area contributed by atoms with Gasteiger partial charge in [0.2, 0.25) is 0 Å². The van der Waals surface area contributed by atoms with Crippen LogP contribution in [0.25, 0.3) is 0 Å². The number of nitrogens with zero attached hydrogens (tertiary/aromatic N) is 1. The highest BCUT2D eigenvalue weighted by Gasteiger charge is 2.16. The molecule has 0 saturated heterocycles. The van der Waals surface area contributed by atoms with Crippen LogP contribution in [-0.4, -0.2) is 12.6 Å². The summed E-state index contributed by atoms with van der Waals surface area (Å²) in [4.78, 5) is 11.2. The largest absolute Gasteiger partial charge is 0.466 e. The summed E-state index contributed by atoms with van der Waals surface area (Å²) < 4.78 is 18.6. The second-order valence-corrected chi connectivity index (χ2v) is 3.84. The van der Waals surface area contributed by atoms with Gasteiger partial charge in [0.25, 0.3) is 0 Å². The van der Waals surface area contributed by atoms with Crippen LogP contribution in [0.5, 0.6) is 0 Å². The average Bonchev–Trinajstić information content (AvgIpc) is 2.25. The highest BCUT2D eigenvalue weighted by atomic mass is 79.9. The Kier molecular flexibility index (Phi) is 4.44. The molecule has 0 heterocycles. The van der Waals surface area contributed by atoms with Crippen LogP contribution in [0.3, 0.4) is 0 Å². The molecule has 0 spiro atoms. The number of ether oxygens (including phenoxy) is 1. The van der Waals surface area contributed by atoms with Crippen molar-refractivity contribution in [2.75, 3.05) is 6.61 Å². The lowest BCUT2D eigenvalue weighted by atomic mass is 10.1. The number of esters is 1. The van der Waals surface area contributed by atoms with E-state index in [2.05, 4.69) is 15.9 Å². The summed E-state index contributed by atoms with van der Waals surface area (Å²) in [5, 5.41) is 8.79. The first-order valence-corrected chi connectivity index (χ1v) is 5.42. The summed E-state index contributed by atoms with van der Waals surface area (Å²) in [5.74, 6) is -1.14. The van der Waals surface area contributed by atoms with E-state index in [9.17, 15) is 9.18 Å². The predicted octanol–water partition coefficient (Wildman–Crippen LogP) is 2.57. The van der Waals surface area contributed by atoms with Gasteiger partial charge in [0.1, 0.15) is 5.82 Å². The molecule has 0 aliphatic rings. The number of benzene rings is 1. The third-order valence-electron chi connectivity index (χ3n) is 1.94. The molecule has 1 rings (SSSR count). The van der Waals surface area contributed by atoms with Crippen LogP contribution >= 0.6 is 15.9 Å². The van der Waals surface area contributed by atoms with Gasteiger partial charge in [0.05, 0.1) is 29.1 Å². The monoisotopic (exact) mass is 285 g/mol. The van der Waals surface area contributed by atoms with Crippen molar-refractivity contribution in [1.82, 2.24) is 0 Å². The second kappa shape index (κ2) is 5.61. The molecular weight excluding hydrogens is 277 g/mol. The molecule has 0 aliphatic carbocycles. The lowest BCUT2D eigenvalue weighted by Gasteiger charge is -2.06. The van der Waals surface area contributed by atoms with Gasteiger partial charge in [-0.25, -0.2) is 4.39 Å². The Morgan fingerprint density at radius 3 is 2.88 bits per heavy atom. The zero-order valence-electron chi connectivity index (χ0n) is 8.59. The molecular formula is C11H9BrFNO2. The summed E-state index contributed by atoms with van der Waals surface area (Å²) >= 11 is 3.00. The van der Waals surface area contributed by atoms with E-state index in [-0.39, 0.29) is 28.6 Å². The lowest BCUT2D eigenvalue weighted by molar-refractivity contribution is -0.142.